The fourth-order valence-electron chi connectivity index (χ4n) is 0.615. The molecule has 0 saturated heterocycles. The van der Waals surface area contributed by atoms with Crippen molar-refractivity contribution >= 4 is 41.0 Å². The van der Waals surface area contributed by atoms with E-state index in [1.807, 2.05) is 6.07 Å². The fourth-order valence-corrected chi connectivity index (χ4v) is 2.81. The molecule has 0 saturated carbocycles. The molecule has 0 nitrogen and oxygen atoms in total. The molecule has 0 aliphatic heterocycles. The number of rotatable bonds is 1. The van der Waals surface area contributed by atoms with Gasteiger partial charge < -0.3 is 0 Å². The zero-order chi connectivity index (χ0) is 6.69. The van der Waals surface area contributed by atoms with Gasteiger partial charge in [-0.2, -0.15) is 0 Å². The molecule has 1 rings (SSSR count). The van der Waals surface area contributed by atoms with E-state index in [1.165, 1.54) is 14.1 Å². The van der Waals surface area contributed by atoms with Crippen molar-refractivity contribution < 1.29 is 0 Å². The number of halogens is 1. The molecule has 0 N–H and O–H groups in total. The van der Waals surface area contributed by atoms with Crippen molar-refractivity contribution in [3.63, 3.8) is 0 Å². The van der Waals surface area contributed by atoms with Gasteiger partial charge in [-0.25, -0.2) is 0 Å². The third kappa shape index (κ3) is 2.02. The van der Waals surface area contributed by atoms with Gasteiger partial charge in [0.1, 0.15) is 0 Å². The molecule has 0 bridgehead atoms. The second-order valence-electron chi connectivity index (χ2n) is 1.74. The molecule has 0 fully saturated rings. The topological polar surface area (TPSA) is 0 Å². The van der Waals surface area contributed by atoms with Crippen LogP contribution in [0, 0.1) is 0 Å². The van der Waals surface area contributed by atoms with Gasteiger partial charge in [0.25, 0.3) is 0 Å². The Bertz CT molecular complexity index is 198. The molecule has 0 aliphatic rings. The van der Waals surface area contributed by atoms with Crippen molar-refractivity contribution in [2.45, 2.75) is 4.08 Å². The summed E-state index contributed by atoms with van der Waals surface area (Å²) in [4.78, 5) is 0. The molecule has 0 atom stereocenters. The molecule has 0 unspecified atom stereocenters. The van der Waals surface area contributed by atoms with E-state index in [9.17, 15) is 0 Å². The van der Waals surface area contributed by atoms with Crippen LogP contribution in [0.1, 0.15) is 5.56 Å². The van der Waals surface area contributed by atoms with Crippen LogP contribution in [0.4, 0.5) is 0 Å². The summed E-state index contributed by atoms with van der Waals surface area (Å²) in [5, 5.41) is 0. The standard InChI is InChI=1S/C7H6Br.Po/c1-6-4-2-3-5-7(6)8;/h2-5H,1H2;. The van der Waals surface area contributed by atoms with Gasteiger partial charge in [0, 0.05) is 0 Å². The molecular weight excluding hydrogens is 373 g/mol. The van der Waals surface area contributed by atoms with Gasteiger partial charge >= 0.3 is 79.4 Å². The Hall–Kier alpha value is 0.596. The number of hydrogen-bond donors (Lipinski definition) is 0. The Balaban J connectivity index is 3.01. The summed E-state index contributed by atoms with van der Waals surface area (Å²) >= 11 is 5.08. The van der Waals surface area contributed by atoms with Crippen LogP contribution in [-0.2, 0) is 4.08 Å². The van der Waals surface area contributed by atoms with Crippen LogP contribution in [0.15, 0.2) is 28.7 Å². The molecular formula is C7H6BrPo. The first kappa shape index (κ1) is 7.70. The summed E-state index contributed by atoms with van der Waals surface area (Å²) in [6.45, 7) is 0. The van der Waals surface area contributed by atoms with E-state index in [0.29, 0.717) is 0 Å². The maximum atomic E-state index is 3.47. The number of hydrogen-bond acceptors (Lipinski definition) is 0. The third-order valence-electron chi connectivity index (χ3n) is 1.11. The first-order chi connectivity index (χ1) is 4.34. The van der Waals surface area contributed by atoms with Gasteiger partial charge in [0.2, 0.25) is 0 Å². The Morgan fingerprint density at radius 3 is 2.44 bits per heavy atom. The maximum absolute atomic E-state index is 3.47. The summed E-state index contributed by atoms with van der Waals surface area (Å²) in [6, 6.07) is 8.34. The predicted molar refractivity (Wildman–Crippen MR) is 43.6 cm³/mol. The molecule has 0 heterocycles. The Labute approximate surface area is 78.9 Å². The first-order valence-corrected chi connectivity index (χ1v) is 5.70. The van der Waals surface area contributed by atoms with Crippen LogP contribution < -0.4 is 0 Å². The molecule has 1 aromatic rings. The van der Waals surface area contributed by atoms with E-state index in [2.05, 4.69) is 34.1 Å². The molecule has 1 radical (unpaired) electrons. The van der Waals surface area contributed by atoms with Crippen molar-refractivity contribution in [1.82, 2.24) is 0 Å². The van der Waals surface area contributed by atoms with E-state index < -0.39 is 0 Å². The molecule has 2 heteroatoms. The van der Waals surface area contributed by atoms with Crippen LogP contribution in [-0.4, -0.2) is 25.1 Å². The second kappa shape index (κ2) is 3.69. The van der Waals surface area contributed by atoms with Crippen LogP contribution in [0.2, 0.25) is 0 Å². The summed E-state index contributed by atoms with van der Waals surface area (Å²) in [7, 11) is 0. The monoisotopic (exact) mass is 378 g/mol. The van der Waals surface area contributed by atoms with E-state index in [0.717, 1.165) is 0 Å². The van der Waals surface area contributed by atoms with Crippen LogP contribution >= 0.6 is 15.9 Å². The first-order valence-electron chi connectivity index (χ1n) is 2.66. The van der Waals surface area contributed by atoms with Gasteiger partial charge in [-0.1, -0.05) is 0 Å². The van der Waals surface area contributed by atoms with Gasteiger partial charge in [-0.3, -0.25) is 0 Å². The molecule has 1 aromatic carbocycles. The van der Waals surface area contributed by atoms with Gasteiger partial charge in [0.15, 0.2) is 0 Å². The fraction of sp³-hybridized carbons (Fsp3) is 0.143. The van der Waals surface area contributed by atoms with E-state index in [4.69, 9.17) is 0 Å². The van der Waals surface area contributed by atoms with Crippen molar-refractivity contribution in [3.8, 4) is 0 Å². The quantitative estimate of drug-likeness (QED) is 0.702. The van der Waals surface area contributed by atoms with Crippen molar-refractivity contribution in [3.05, 3.63) is 34.3 Å². The summed E-state index contributed by atoms with van der Waals surface area (Å²) in [5.41, 5.74) is 1.41. The van der Waals surface area contributed by atoms with Gasteiger partial charge in [-0.15, -0.1) is 0 Å². The Morgan fingerprint density at radius 2 is 2.00 bits per heavy atom. The predicted octanol–water partition coefficient (Wildman–Crippen LogP) is 2.12. The molecule has 0 amide bonds. The van der Waals surface area contributed by atoms with Crippen molar-refractivity contribution in [1.29, 1.82) is 0 Å². The van der Waals surface area contributed by atoms with Gasteiger partial charge in [0.05, 0.1) is 0 Å². The molecule has 47 valence electrons. The average Bonchev–Trinajstić information content (AvgIpc) is 1.89. The molecule has 0 spiro atoms. The van der Waals surface area contributed by atoms with Gasteiger partial charge in [-0.05, 0) is 0 Å². The van der Waals surface area contributed by atoms with E-state index >= 15 is 0 Å². The van der Waals surface area contributed by atoms with Crippen molar-refractivity contribution in [2.75, 3.05) is 0 Å². The summed E-state index contributed by atoms with van der Waals surface area (Å²) in [6.07, 6.45) is 0. The number of benzene rings is 1. The van der Waals surface area contributed by atoms with Crippen molar-refractivity contribution in [2.24, 2.45) is 0 Å². The van der Waals surface area contributed by atoms with E-state index in [-0.39, 0.29) is 0 Å². The van der Waals surface area contributed by atoms with E-state index in [1.54, 1.807) is 25.1 Å². The molecule has 0 aromatic heterocycles. The Kier molecular flexibility index (Phi) is 3.16. The van der Waals surface area contributed by atoms with Crippen LogP contribution in [0.5, 0.6) is 0 Å². The summed E-state index contributed by atoms with van der Waals surface area (Å²) < 4.78 is 2.42. The normalized spacial score (nSPS) is 9.56. The Morgan fingerprint density at radius 1 is 1.33 bits per heavy atom. The second-order valence-corrected chi connectivity index (χ2v) is 3.71. The average molecular weight is 379 g/mol. The zero-order valence-electron chi connectivity index (χ0n) is 4.80. The minimum atomic E-state index is 1.18. The molecule has 9 heavy (non-hydrogen) atoms. The summed E-state index contributed by atoms with van der Waals surface area (Å²) in [5.74, 6) is 0. The zero-order valence-corrected chi connectivity index (χ0v) is 9.56. The third-order valence-corrected chi connectivity index (χ3v) is 3.10. The SMILES string of the molecule is Brc1ccccc1[CH2][Po]. The van der Waals surface area contributed by atoms with Crippen LogP contribution in [0.3, 0.4) is 0 Å². The molecule has 0 aliphatic carbocycles. The minimum absolute atomic E-state index is 1.18. The van der Waals surface area contributed by atoms with Crippen LogP contribution in [0.25, 0.3) is 0 Å².